The molecule has 1 aliphatic heterocycles. The molecule has 19 heavy (non-hydrogen) atoms. The van der Waals surface area contributed by atoms with Crippen LogP contribution in [0.3, 0.4) is 0 Å². The van der Waals surface area contributed by atoms with Crippen molar-refractivity contribution < 1.29 is 9.90 Å². The zero-order valence-corrected chi connectivity index (χ0v) is 10.5. The minimum atomic E-state index is -0.935. The highest BCUT2D eigenvalue weighted by atomic mass is 16.4. The molecule has 0 bridgehead atoms. The van der Waals surface area contributed by atoms with Gasteiger partial charge in [0.1, 0.15) is 0 Å². The first-order valence-corrected chi connectivity index (χ1v) is 6.34. The molecule has 0 radical (unpaired) electrons. The highest BCUT2D eigenvalue weighted by Gasteiger charge is 2.16. The molecule has 2 heterocycles. The van der Waals surface area contributed by atoms with Crippen LogP contribution in [0.5, 0.6) is 0 Å². The largest absolute Gasteiger partial charge is 0.478 e. The fourth-order valence-electron chi connectivity index (χ4n) is 2.52. The average Bonchev–Trinajstić information content (AvgIpc) is 2.46. The lowest BCUT2D eigenvalue weighted by molar-refractivity contribution is 0.0699. The molecule has 0 aliphatic carbocycles. The van der Waals surface area contributed by atoms with E-state index in [1.165, 1.54) is 0 Å². The van der Waals surface area contributed by atoms with Gasteiger partial charge in [-0.25, -0.2) is 4.79 Å². The molecule has 0 amide bonds. The van der Waals surface area contributed by atoms with E-state index in [2.05, 4.69) is 15.2 Å². The fourth-order valence-corrected chi connectivity index (χ4v) is 2.52. The summed E-state index contributed by atoms with van der Waals surface area (Å²) in [4.78, 5) is 17.7. The molecule has 1 fully saturated rings. The van der Waals surface area contributed by atoms with Gasteiger partial charge in [0.05, 0.1) is 11.1 Å². The van der Waals surface area contributed by atoms with E-state index in [9.17, 15) is 9.90 Å². The summed E-state index contributed by atoms with van der Waals surface area (Å²) in [6, 6.07) is 7.27. The number of carbonyl (C=O) groups is 1. The summed E-state index contributed by atoms with van der Waals surface area (Å²) in [5.74, 6) is -0.935. The molecule has 0 atom stereocenters. The number of nitrogens with zero attached hydrogens (tertiary/aromatic N) is 2. The van der Waals surface area contributed by atoms with Crippen LogP contribution in [0.2, 0.25) is 0 Å². The first-order chi connectivity index (χ1) is 9.27. The van der Waals surface area contributed by atoms with E-state index in [1.807, 2.05) is 12.1 Å². The highest BCUT2D eigenvalue weighted by molar-refractivity contribution is 6.05. The summed E-state index contributed by atoms with van der Waals surface area (Å²) >= 11 is 0. The van der Waals surface area contributed by atoms with Gasteiger partial charge >= 0.3 is 5.97 Å². The molecule has 5 heteroatoms. The van der Waals surface area contributed by atoms with Gasteiger partial charge in [-0.2, -0.15) is 0 Å². The standard InChI is InChI=1S/C14H15N3O2/c18-14(19)11-3-1-2-10-12(4-5-16-13(10)11)17-8-6-15-7-9-17/h1-5,15H,6-9H2,(H,18,19). The number of carboxylic acid groups (broad SMARTS) is 1. The summed E-state index contributed by atoms with van der Waals surface area (Å²) in [5.41, 5.74) is 1.88. The van der Waals surface area contributed by atoms with Crippen LogP contribution >= 0.6 is 0 Å². The number of para-hydroxylation sites is 1. The Morgan fingerprint density at radius 3 is 2.79 bits per heavy atom. The molecule has 98 valence electrons. The van der Waals surface area contributed by atoms with Gasteiger partial charge in [0.25, 0.3) is 0 Å². The molecule has 1 aromatic heterocycles. The molecule has 3 rings (SSSR count). The number of fused-ring (bicyclic) bond motifs is 1. The number of rotatable bonds is 2. The Morgan fingerprint density at radius 2 is 2.05 bits per heavy atom. The normalized spacial score (nSPS) is 15.7. The molecule has 0 unspecified atom stereocenters. The smallest absolute Gasteiger partial charge is 0.337 e. The molecule has 1 saturated heterocycles. The zero-order chi connectivity index (χ0) is 13.2. The lowest BCUT2D eigenvalue weighted by Gasteiger charge is -2.30. The van der Waals surface area contributed by atoms with Gasteiger partial charge in [0.2, 0.25) is 0 Å². The quantitative estimate of drug-likeness (QED) is 0.850. The van der Waals surface area contributed by atoms with E-state index < -0.39 is 5.97 Å². The molecular formula is C14H15N3O2. The Labute approximate surface area is 110 Å². The summed E-state index contributed by atoms with van der Waals surface area (Å²) in [6.07, 6.45) is 1.69. The summed E-state index contributed by atoms with van der Waals surface area (Å²) in [6.45, 7) is 3.75. The fraction of sp³-hybridized carbons (Fsp3) is 0.286. The Balaban J connectivity index is 2.15. The van der Waals surface area contributed by atoms with Crippen LogP contribution in [0.25, 0.3) is 10.9 Å². The number of nitrogens with one attached hydrogen (secondary N) is 1. The van der Waals surface area contributed by atoms with E-state index in [1.54, 1.807) is 18.3 Å². The van der Waals surface area contributed by atoms with Crippen LogP contribution in [-0.2, 0) is 0 Å². The van der Waals surface area contributed by atoms with Crippen molar-refractivity contribution in [3.63, 3.8) is 0 Å². The molecule has 5 nitrogen and oxygen atoms in total. The van der Waals surface area contributed by atoms with Crippen LogP contribution in [0, 0.1) is 0 Å². The Morgan fingerprint density at radius 1 is 1.26 bits per heavy atom. The molecule has 2 N–H and O–H groups in total. The number of benzene rings is 1. The second-order valence-electron chi connectivity index (χ2n) is 4.57. The molecule has 2 aromatic rings. The third kappa shape index (κ3) is 2.13. The summed E-state index contributed by atoms with van der Waals surface area (Å²) < 4.78 is 0. The molecular weight excluding hydrogens is 242 g/mol. The van der Waals surface area contributed by atoms with Gasteiger partial charge in [0, 0.05) is 43.4 Å². The highest BCUT2D eigenvalue weighted by Crippen LogP contribution is 2.27. The monoisotopic (exact) mass is 257 g/mol. The lowest BCUT2D eigenvalue weighted by atomic mass is 10.1. The van der Waals surface area contributed by atoms with Gasteiger partial charge < -0.3 is 15.3 Å². The van der Waals surface area contributed by atoms with Crippen LogP contribution in [-0.4, -0.2) is 42.2 Å². The van der Waals surface area contributed by atoms with Crippen LogP contribution in [0.15, 0.2) is 30.5 Å². The number of hydrogen-bond acceptors (Lipinski definition) is 4. The number of piperazine rings is 1. The second kappa shape index (κ2) is 4.85. The van der Waals surface area contributed by atoms with E-state index in [0.717, 1.165) is 37.3 Å². The lowest BCUT2D eigenvalue weighted by Crippen LogP contribution is -2.43. The number of aromatic nitrogens is 1. The van der Waals surface area contributed by atoms with E-state index in [-0.39, 0.29) is 5.56 Å². The van der Waals surface area contributed by atoms with Crippen molar-refractivity contribution in [2.24, 2.45) is 0 Å². The van der Waals surface area contributed by atoms with E-state index in [0.29, 0.717) is 5.52 Å². The Bertz CT molecular complexity index is 621. The van der Waals surface area contributed by atoms with E-state index in [4.69, 9.17) is 0 Å². The summed E-state index contributed by atoms with van der Waals surface area (Å²) in [5, 5.41) is 13.4. The average molecular weight is 257 g/mol. The van der Waals surface area contributed by atoms with Gasteiger partial charge in [-0.1, -0.05) is 12.1 Å². The number of aromatic carboxylic acids is 1. The van der Waals surface area contributed by atoms with Crippen LogP contribution in [0.1, 0.15) is 10.4 Å². The van der Waals surface area contributed by atoms with Crippen molar-refractivity contribution in [2.45, 2.75) is 0 Å². The minimum Gasteiger partial charge on any atom is -0.478 e. The van der Waals surface area contributed by atoms with E-state index >= 15 is 0 Å². The first kappa shape index (κ1) is 11.9. The molecule has 0 spiro atoms. The molecule has 0 saturated carbocycles. The second-order valence-corrected chi connectivity index (χ2v) is 4.57. The number of anilines is 1. The minimum absolute atomic E-state index is 0.259. The van der Waals surface area contributed by atoms with Crippen molar-refractivity contribution in [1.29, 1.82) is 0 Å². The van der Waals surface area contributed by atoms with Crippen LogP contribution in [0.4, 0.5) is 5.69 Å². The Hall–Kier alpha value is -2.14. The Kier molecular flexibility index (Phi) is 3.05. The van der Waals surface area contributed by atoms with Gasteiger partial charge in [-0.05, 0) is 12.1 Å². The third-order valence-corrected chi connectivity index (χ3v) is 3.44. The maximum atomic E-state index is 11.2. The molecule has 1 aliphatic rings. The van der Waals surface area contributed by atoms with Crippen molar-refractivity contribution in [1.82, 2.24) is 10.3 Å². The SMILES string of the molecule is O=C(O)c1cccc2c(N3CCNCC3)ccnc12. The zero-order valence-electron chi connectivity index (χ0n) is 10.5. The predicted octanol–water partition coefficient (Wildman–Crippen LogP) is 1.34. The van der Waals surface area contributed by atoms with Crippen molar-refractivity contribution >= 4 is 22.6 Å². The topological polar surface area (TPSA) is 65.5 Å². The number of pyridine rings is 1. The van der Waals surface area contributed by atoms with Gasteiger partial charge in [-0.3, -0.25) is 4.98 Å². The van der Waals surface area contributed by atoms with Crippen molar-refractivity contribution in [3.8, 4) is 0 Å². The van der Waals surface area contributed by atoms with Crippen molar-refractivity contribution in [2.75, 3.05) is 31.1 Å². The maximum Gasteiger partial charge on any atom is 0.337 e. The van der Waals surface area contributed by atoms with Gasteiger partial charge in [-0.15, -0.1) is 0 Å². The predicted molar refractivity (Wildman–Crippen MR) is 73.8 cm³/mol. The first-order valence-electron chi connectivity index (χ1n) is 6.34. The van der Waals surface area contributed by atoms with Crippen LogP contribution < -0.4 is 10.2 Å². The number of hydrogen-bond donors (Lipinski definition) is 2. The molecule has 1 aromatic carbocycles. The summed E-state index contributed by atoms with van der Waals surface area (Å²) in [7, 11) is 0. The number of carboxylic acids is 1. The maximum absolute atomic E-state index is 11.2. The van der Waals surface area contributed by atoms with Crippen molar-refractivity contribution in [3.05, 3.63) is 36.0 Å². The third-order valence-electron chi connectivity index (χ3n) is 3.44. The van der Waals surface area contributed by atoms with Gasteiger partial charge in [0.15, 0.2) is 0 Å².